The normalized spacial score (nSPS) is 14.8. The maximum atomic E-state index is 11.9. The number of rotatable bonds is 8. The Morgan fingerprint density at radius 2 is 1.82 bits per heavy atom. The van der Waals surface area contributed by atoms with E-state index in [0.29, 0.717) is 11.4 Å². The van der Waals surface area contributed by atoms with Gasteiger partial charge in [0.1, 0.15) is 10.9 Å². The summed E-state index contributed by atoms with van der Waals surface area (Å²) in [6.07, 6.45) is 0. The number of aryl methyl sites for hydroxylation is 3. The number of pyridine rings is 2. The predicted molar refractivity (Wildman–Crippen MR) is 173 cm³/mol. The summed E-state index contributed by atoms with van der Waals surface area (Å²) in [5.74, 6) is -0.455. The van der Waals surface area contributed by atoms with Gasteiger partial charge in [-0.05, 0) is 87.7 Å². The maximum Gasteiger partial charge on any atom is 0.356 e. The van der Waals surface area contributed by atoms with Crippen LogP contribution in [0.15, 0.2) is 59.1 Å². The van der Waals surface area contributed by atoms with E-state index in [1.165, 1.54) is 0 Å². The van der Waals surface area contributed by atoms with Crippen molar-refractivity contribution < 1.29 is 19.2 Å². The van der Waals surface area contributed by atoms with Crippen LogP contribution in [-0.2, 0) is 4.74 Å². The average Bonchev–Trinajstić information content (AvgIpc) is 3.32. The molecule has 6 rings (SSSR count). The summed E-state index contributed by atoms with van der Waals surface area (Å²) in [7, 11) is 1.76. The molecule has 0 radical (unpaired) electrons. The molecule has 0 unspecified atom stereocenters. The van der Waals surface area contributed by atoms with Crippen molar-refractivity contribution in [2.75, 3.05) is 30.4 Å². The van der Waals surface area contributed by atoms with E-state index in [1.807, 2.05) is 27.7 Å². The molecule has 1 aliphatic heterocycles. The first kappa shape index (κ1) is 29.6. The molecule has 0 bridgehead atoms. The van der Waals surface area contributed by atoms with Gasteiger partial charge in [0.25, 0.3) is 0 Å². The van der Waals surface area contributed by atoms with E-state index in [1.54, 1.807) is 19.2 Å². The Hall–Kier alpha value is -4.47. The van der Waals surface area contributed by atoms with E-state index in [0.717, 1.165) is 68.9 Å². The van der Waals surface area contributed by atoms with Crippen LogP contribution in [-0.4, -0.2) is 52.0 Å². The Morgan fingerprint density at radius 1 is 1.09 bits per heavy atom. The second-order valence-corrected chi connectivity index (χ2v) is 12.2. The molecule has 10 heteroatoms. The van der Waals surface area contributed by atoms with Crippen LogP contribution in [0.5, 0.6) is 0 Å². The Balaban J connectivity index is 1.47. The fourth-order valence-electron chi connectivity index (χ4n) is 5.99. The number of aromatic nitrogens is 3. The molecule has 0 spiro atoms. The first-order chi connectivity index (χ1) is 21.0. The van der Waals surface area contributed by atoms with Crippen molar-refractivity contribution in [2.45, 2.75) is 46.3 Å². The van der Waals surface area contributed by atoms with Gasteiger partial charge >= 0.3 is 5.97 Å². The zero-order valence-electron chi connectivity index (χ0n) is 25.5. The minimum absolute atomic E-state index is 0.121. The molecule has 3 aromatic heterocycles. The summed E-state index contributed by atoms with van der Waals surface area (Å²) in [5.41, 5.74) is 8.48. The van der Waals surface area contributed by atoms with Gasteiger partial charge in [0.2, 0.25) is 0 Å². The van der Waals surface area contributed by atoms with Gasteiger partial charge in [0.15, 0.2) is 5.69 Å². The van der Waals surface area contributed by atoms with Gasteiger partial charge in [-0.15, -0.1) is 0 Å². The molecule has 2 aromatic carbocycles. The van der Waals surface area contributed by atoms with Gasteiger partial charge in [0, 0.05) is 42.9 Å². The number of carboxylic acids is 1. The number of anilines is 2. The fourth-order valence-corrected chi connectivity index (χ4v) is 6.14. The highest BCUT2D eigenvalue weighted by Crippen LogP contribution is 2.40. The van der Waals surface area contributed by atoms with Crippen LogP contribution in [0.3, 0.4) is 0 Å². The Kier molecular flexibility index (Phi) is 7.55. The van der Waals surface area contributed by atoms with Crippen LogP contribution in [0.4, 0.5) is 11.4 Å². The highest BCUT2D eigenvalue weighted by Gasteiger charge is 2.38. The lowest BCUT2D eigenvalue weighted by Gasteiger charge is -2.48. The van der Waals surface area contributed by atoms with E-state index in [2.05, 4.69) is 69.7 Å². The van der Waals surface area contributed by atoms with Gasteiger partial charge in [-0.25, -0.2) is 14.8 Å². The van der Waals surface area contributed by atoms with Crippen molar-refractivity contribution >= 4 is 39.8 Å². The predicted octanol–water partition coefficient (Wildman–Crippen LogP) is 7.63. The first-order valence-electron chi connectivity index (χ1n) is 14.4. The number of fused-ring (bicyclic) bond motifs is 1. The number of nitrogens with zero attached hydrogens (tertiary/aromatic N) is 4. The van der Waals surface area contributed by atoms with Gasteiger partial charge < -0.3 is 24.6 Å². The fraction of sp³-hybridized carbons (Fsp3) is 0.294. The second-order valence-electron chi connectivity index (χ2n) is 11.8. The van der Waals surface area contributed by atoms with Crippen LogP contribution >= 0.6 is 11.6 Å². The topological polar surface area (TPSA) is 114 Å². The summed E-state index contributed by atoms with van der Waals surface area (Å²) in [5, 5.41) is 18.4. The average molecular weight is 612 g/mol. The molecule has 1 atom stereocenters. The van der Waals surface area contributed by atoms with Crippen molar-refractivity contribution in [3.8, 4) is 22.4 Å². The monoisotopic (exact) mass is 611 g/mol. The number of carboxylic acid groups (broad SMARTS) is 1. The van der Waals surface area contributed by atoms with Crippen LogP contribution in [0.1, 0.15) is 53.0 Å². The van der Waals surface area contributed by atoms with Crippen molar-refractivity contribution in [1.82, 2.24) is 15.1 Å². The molecular weight excluding hydrogens is 578 g/mol. The quantitative estimate of drug-likeness (QED) is 0.171. The Labute approximate surface area is 260 Å². The molecule has 0 aliphatic carbocycles. The highest BCUT2D eigenvalue weighted by atomic mass is 35.5. The van der Waals surface area contributed by atoms with E-state index in [4.69, 9.17) is 25.8 Å². The molecule has 44 heavy (non-hydrogen) atoms. The minimum atomic E-state index is -1.15. The molecular formula is C34H34ClN5O4. The largest absolute Gasteiger partial charge is 0.476 e. The third-order valence-electron chi connectivity index (χ3n) is 8.37. The van der Waals surface area contributed by atoms with E-state index < -0.39 is 5.97 Å². The number of hydrogen-bond acceptors (Lipinski definition) is 8. The van der Waals surface area contributed by atoms with E-state index >= 15 is 0 Å². The summed E-state index contributed by atoms with van der Waals surface area (Å²) in [6.45, 7) is 11.6. The second kappa shape index (κ2) is 11.2. The zero-order chi connectivity index (χ0) is 31.3. The number of nitrogens with one attached hydrogen (secondary N) is 1. The molecule has 5 aromatic rings. The Bertz CT molecular complexity index is 1880. The van der Waals surface area contributed by atoms with Crippen LogP contribution in [0.2, 0.25) is 5.15 Å². The first-order valence-corrected chi connectivity index (χ1v) is 14.8. The lowest BCUT2D eigenvalue weighted by atomic mass is 9.92. The molecule has 1 saturated heterocycles. The van der Waals surface area contributed by atoms with Gasteiger partial charge in [0.05, 0.1) is 33.8 Å². The summed E-state index contributed by atoms with van der Waals surface area (Å²) in [4.78, 5) is 23.4. The van der Waals surface area contributed by atoms with Crippen LogP contribution < -0.4 is 10.2 Å². The van der Waals surface area contributed by atoms with Gasteiger partial charge in [-0.3, -0.25) is 0 Å². The number of benzene rings is 2. The molecule has 1 fully saturated rings. The molecule has 9 nitrogen and oxygen atoms in total. The molecule has 2 N–H and O–H groups in total. The van der Waals surface area contributed by atoms with Crippen molar-refractivity contribution in [3.05, 3.63) is 88.0 Å². The van der Waals surface area contributed by atoms with Crippen LogP contribution in [0.25, 0.3) is 33.3 Å². The SMILES string of the molecule is COC1(C)CN(c2ccc(-c3cc4c([C@H](C)Nc5ccc(Cl)nc5C(=O)O)cc(C)cc4nc3-c3c(C)noc3C)cc2)C1. The number of hydrogen-bond donors (Lipinski definition) is 2. The molecule has 4 heterocycles. The van der Waals surface area contributed by atoms with Crippen LogP contribution in [0, 0.1) is 20.8 Å². The van der Waals surface area contributed by atoms with Crippen molar-refractivity contribution in [3.63, 3.8) is 0 Å². The van der Waals surface area contributed by atoms with E-state index in [9.17, 15) is 9.90 Å². The highest BCUT2D eigenvalue weighted by molar-refractivity contribution is 6.29. The summed E-state index contributed by atoms with van der Waals surface area (Å²) >= 11 is 6.00. The van der Waals surface area contributed by atoms with Crippen molar-refractivity contribution in [1.29, 1.82) is 0 Å². The third kappa shape index (κ3) is 5.37. The molecule has 226 valence electrons. The lowest BCUT2D eigenvalue weighted by Crippen LogP contribution is -2.61. The number of carbonyl (C=O) groups is 1. The van der Waals surface area contributed by atoms with Gasteiger partial charge in [-0.1, -0.05) is 35.0 Å². The minimum Gasteiger partial charge on any atom is -0.476 e. The van der Waals surface area contributed by atoms with Gasteiger partial charge in [-0.2, -0.15) is 0 Å². The number of methoxy groups -OCH3 is 1. The summed E-state index contributed by atoms with van der Waals surface area (Å²) in [6, 6.07) is 17.8. The zero-order valence-corrected chi connectivity index (χ0v) is 26.3. The molecule has 1 aliphatic rings. The van der Waals surface area contributed by atoms with E-state index in [-0.39, 0.29) is 22.5 Å². The number of ether oxygens (including phenoxy) is 1. The molecule has 0 amide bonds. The lowest BCUT2D eigenvalue weighted by molar-refractivity contribution is -0.0167. The third-order valence-corrected chi connectivity index (χ3v) is 8.58. The Morgan fingerprint density at radius 3 is 2.45 bits per heavy atom. The standard InChI is InChI=1S/C34H34ClN5O4/c1-18-13-24(19(2)36-27-11-12-29(35)38-32(27)33(41)42)26-15-25(31(37-28(26)14-18)30-20(3)39-44-21(30)4)22-7-9-23(10-8-22)40-16-34(5,17-40)43-6/h7-15,19,36H,16-17H2,1-6H3,(H,41,42)/t19-/m0/s1. The smallest absolute Gasteiger partial charge is 0.356 e. The number of halogens is 1. The van der Waals surface area contributed by atoms with Crippen molar-refractivity contribution in [2.24, 2.45) is 0 Å². The molecule has 0 saturated carbocycles. The summed E-state index contributed by atoms with van der Waals surface area (Å²) < 4.78 is 11.2. The number of aromatic carboxylic acids is 1. The maximum absolute atomic E-state index is 11.9.